The largest absolute Gasteiger partial charge is 0.370 e. The monoisotopic (exact) mass is 349 g/mol. The first kappa shape index (κ1) is 19.7. The first-order valence-electron chi connectivity index (χ1n) is 7.68. The molecule has 24 heavy (non-hydrogen) atoms. The molecule has 0 unspecified atom stereocenters. The minimum Gasteiger partial charge on any atom is -0.370 e. The Kier molecular flexibility index (Phi) is 6.98. The fourth-order valence-corrected chi connectivity index (χ4v) is 3.67. The summed E-state index contributed by atoms with van der Waals surface area (Å²) in [5.74, 6) is 1.15. The van der Waals surface area contributed by atoms with E-state index in [1.165, 1.54) is 6.07 Å². The molecule has 0 aliphatic carbocycles. The number of nitrogens with zero attached hydrogens (tertiary/aromatic N) is 1. The van der Waals surface area contributed by atoms with Gasteiger partial charge in [0.15, 0.2) is 15.8 Å². The van der Waals surface area contributed by atoms with Crippen LogP contribution in [0.3, 0.4) is 0 Å². The van der Waals surface area contributed by atoms with Gasteiger partial charge in [0.05, 0.1) is 16.0 Å². The summed E-state index contributed by atoms with van der Waals surface area (Å²) in [6, 6.07) is 3.09. The molecule has 4 N–H and O–H groups in total. The number of carbonyl (C=O) groups excluding carboxylic acids is 1. The lowest BCUT2D eigenvalue weighted by Gasteiger charge is -2.13. The number of nitrogens with two attached hydrogens (primary N) is 2. The standard InChI is InChI=1S/C17H23N3O3S/c1-4-6-7-8-9-12-10-11-14(16(21)20-17(18)19)13(5-2)15(12)24(3,22)23/h2,10-11H,4,6-9H2,1,3H3,(H4,18,19,20,21). The number of unbranched alkanes of at least 4 members (excludes halogenated alkanes) is 3. The third-order valence-corrected chi connectivity index (χ3v) is 4.72. The number of hydrogen-bond donors (Lipinski definition) is 2. The molecule has 0 saturated heterocycles. The number of hydrogen-bond acceptors (Lipinski definition) is 3. The van der Waals surface area contributed by atoms with Crippen molar-refractivity contribution in [1.82, 2.24) is 0 Å². The predicted octanol–water partition coefficient (Wildman–Crippen LogP) is 1.61. The lowest BCUT2D eigenvalue weighted by Crippen LogP contribution is -2.24. The highest BCUT2D eigenvalue weighted by Crippen LogP contribution is 2.26. The number of benzene rings is 1. The van der Waals surface area contributed by atoms with Crippen LogP contribution in [-0.4, -0.2) is 26.5 Å². The number of sulfone groups is 1. The number of rotatable bonds is 7. The minimum atomic E-state index is -3.61. The zero-order valence-electron chi connectivity index (χ0n) is 14.0. The Hall–Kier alpha value is -2.33. The van der Waals surface area contributed by atoms with Crippen LogP contribution in [0.5, 0.6) is 0 Å². The van der Waals surface area contributed by atoms with Gasteiger partial charge in [0, 0.05) is 6.26 Å². The van der Waals surface area contributed by atoms with Gasteiger partial charge in [-0.1, -0.05) is 38.2 Å². The molecule has 0 aromatic heterocycles. The van der Waals surface area contributed by atoms with Crippen molar-refractivity contribution in [1.29, 1.82) is 0 Å². The number of aliphatic imine (C=N–C) groups is 1. The van der Waals surface area contributed by atoms with Crippen LogP contribution in [0.2, 0.25) is 0 Å². The predicted molar refractivity (Wildman–Crippen MR) is 95.5 cm³/mol. The minimum absolute atomic E-state index is 0.00336. The lowest BCUT2D eigenvalue weighted by atomic mass is 9.99. The molecule has 0 fully saturated rings. The van der Waals surface area contributed by atoms with E-state index in [-0.39, 0.29) is 16.0 Å². The number of terminal acetylenes is 1. The van der Waals surface area contributed by atoms with Crippen molar-refractivity contribution in [3.05, 3.63) is 28.8 Å². The van der Waals surface area contributed by atoms with Gasteiger partial charge < -0.3 is 11.5 Å². The highest BCUT2D eigenvalue weighted by Gasteiger charge is 2.23. The lowest BCUT2D eigenvalue weighted by molar-refractivity contribution is 0.100. The van der Waals surface area contributed by atoms with E-state index in [1.54, 1.807) is 6.07 Å². The van der Waals surface area contributed by atoms with E-state index < -0.39 is 21.7 Å². The molecule has 0 atom stereocenters. The van der Waals surface area contributed by atoms with Crippen LogP contribution >= 0.6 is 0 Å². The number of guanidine groups is 1. The second-order valence-electron chi connectivity index (χ2n) is 5.55. The van der Waals surface area contributed by atoms with E-state index in [4.69, 9.17) is 17.9 Å². The van der Waals surface area contributed by atoms with Crippen molar-refractivity contribution < 1.29 is 13.2 Å². The maximum atomic E-state index is 12.2. The molecule has 0 heterocycles. The van der Waals surface area contributed by atoms with Crippen molar-refractivity contribution in [2.45, 2.75) is 43.9 Å². The molecule has 7 heteroatoms. The summed E-state index contributed by atoms with van der Waals surface area (Å²) >= 11 is 0. The number of aryl methyl sites for hydroxylation is 1. The second kappa shape index (κ2) is 8.50. The van der Waals surface area contributed by atoms with Gasteiger partial charge in [-0.2, -0.15) is 4.99 Å². The molecule has 1 aromatic rings. The van der Waals surface area contributed by atoms with Crippen LogP contribution in [0.15, 0.2) is 22.0 Å². The van der Waals surface area contributed by atoms with Crippen molar-refractivity contribution in [2.75, 3.05) is 6.26 Å². The molecule has 1 amide bonds. The summed E-state index contributed by atoms with van der Waals surface area (Å²) in [6.07, 6.45) is 11.2. The van der Waals surface area contributed by atoms with Crippen molar-refractivity contribution in [2.24, 2.45) is 16.5 Å². The molecule has 0 saturated carbocycles. The Bertz CT molecular complexity index is 786. The topological polar surface area (TPSA) is 116 Å². The van der Waals surface area contributed by atoms with E-state index in [0.717, 1.165) is 31.9 Å². The number of amides is 1. The van der Waals surface area contributed by atoms with Gasteiger partial charge in [-0.25, -0.2) is 8.42 Å². The molecule has 0 aliphatic rings. The molecule has 0 aliphatic heterocycles. The average molecular weight is 349 g/mol. The fourth-order valence-electron chi connectivity index (χ4n) is 2.49. The van der Waals surface area contributed by atoms with Crippen molar-refractivity contribution in [3.8, 4) is 12.3 Å². The summed E-state index contributed by atoms with van der Waals surface area (Å²) in [6.45, 7) is 2.10. The van der Waals surface area contributed by atoms with E-state index in [1.807, 2.05) is 0 Å². The molecule has 1 aromatic carbocycles. The molecular formula is C17H23N3O3S. The molecule has 0 spiro atoms. The highest BCUT2D eigenvalue weighted by atomic mass is 32.2. The normalized spacial score (nSPS) is 10.9. The third-order valence-electron chi connectivity index (χ3n) is 3.52. The second-order valence-corrected chi connectivity index (χ2v) is 7.50. The maximum Gasteiger partial charge on any atom is 0.281 e. The first-order chi connectivity index (χ1) is 11.2. The van der Waals surface area contributed by atoms with Crippen LogP contribution in [-0.2, 0) is 16.3 Å². The first-order valence-corrected chi connectivity index (χ1v) is 9.58. The Morgan fingerprint density at radius 3 is 2.42 bits per heavy atom. The summed E-state index contributed by atoms with van der Waals surface area (Å²) < 4.78 is 24.5. The van der Waals surface area contributed by atoms with Crippen LogP contribution in [0.4, 0.5) is 0 Å². The van der Waals surface area contributed by atoms with Gasteiger partial charge in [-0.15, -0.1) is 6.42 Å². The maximum absolute atomic E-state index is 12.2. The molecule has 0 bridgehead atoms. The van der Waals surface area contributed by atoms with Crippen LogP contribution in [0, 0.1) is 12.3 Å². The van der Waals surface area contributed by atoms with Crippen molar-refractivity contribution >= 4 is 21.7 Å². The number of carbonyl (C=O) groups is 1. The fraction of sp³-hybridized carbons (Fsp3) is 0.412. The molecule has 1 rings (SSSR count). The van der Waals surface area contributed by atoms with Gasteiger partial charge in [-0.3, -0.25) is 4.79 Å². The Balaban J connectivity index is 3.42. The van der Waals surface area contributed by atoms with E-state index >= 15 is 0 Å². The Morgan fingerprint density at radius 2 is 1.92 bits per heavy atom. The average Bonchev–Trinajstić information content (AvgIpc) is 2.48. The summed E-state index contributed by atoms with van der Waals surface area (Å²) in [5.41, 5.74) is 11.0. The van der Waals surface area contributed by atoms with Gasteiger partial charge >= 0.3 is 0 Å². The zero-order valence-corrected chi connectivity index (χ0v) is 14.8. The van der Waals surface area contributed by atoms with Crippen molar-refractivity contribution in [3.63, 3.8) is 0 Å². The SMILES string of the molecule is C#Cc1c(C(=O)N=C(N)N)ccc(CCCCCC)c1S(C)(=O)=O. The summed E-state index contributed by atoms with van der Waals surface area (Å²) in [7, 11) is -3.61. The molecular weight excluding hydrogens is 326 g/mol. The summed E-state index contributed by atoms with van der Waals surface area (Å²) in [4.78, 5) is 15.5. The van der Waals surface area contributed by atoms with Gasteiger partial charge in [0.1, 0.15) is 0 Å². The third kappa shape index (κ3) is 5.10. The smallest absolute Gasteiger partial charge is 0.281 e. The van der Waals surface area contributed by atoms with E-state index in [2.05, 4.69) is 17.8 Å². The highest BCUT2D eigenvalue weighted by molar-refractivity contribution is 7.90. The molecule has 6 nitrogen and oxygen atoms in total. The van der Waals surface area contributed by atoms with Gasteiger partial charge in [-0.05, 0) is 24.5 Å². The van der Waals surface area contributed by atoms with Crippen LogP contribution in [0.25, 0.3) is 0 Å². The molecule has 130 valence electrons. The van der Waals surface area contributed by atoms with Gasteiger partial charge in [0.25, 0.3) is 5.91 Å². The Labute approximate surface area is 143 Å². The Morgan fingerprint density at radius 1 is 1.25 bits per heavy atom. The molecule has 0 radical (unpaired) electrons. The van der Waals surface area contributed by atoms with E-state index in [9.17, 15) is 13.2 Å². The zero-order chi connectivity index (χ0) is 18.3. The van der Waals surface area contributed by atoms with Gasteiger partial charge in [0.2, 0.25) is 0 Å². The van der Waals surface area contributed by atoms with Crippen LogP contribution < -0.4 is 11.5 Å². The van der Waals surface area contributed by atoms with Crippen LogP contribution in [0.1, 0.15) is 54.1 Å². The summed E-state index contributed by atoms with van der Waals surface area (Å²) in [5, 5.41) is 0. The quantitative estimate of drug-likeness (QED) is 0.336. The van der Waals surface area contributed by atoms with E-state index in [0.29, 0.717) is 12.0 Å².